The lowest BCUT2D eigenvalue weighted by Gasteiger charge is -2.27. The first-order chi connectivity index (χ1) is 11.5. The van der Waals surface area contributed by atoms with Crippen molar-refractivity contribution in [2.45, 2.75) is 63.7 Å². The number of benzene rings is 1. The van der Waals surface area contributed by atoms with Crippen molar-refractivity contribution in [3.8, 4) is 0 Å². The molecule has 1 aliphatic carbocycles. The summed E-state index contributed by atoms with van der Waals surface area (Å²) in [5.41, 5.74) is 0.662. The molecule has 1 aromatic carbocycles. The van der Waals surface area contributed by atoms with Crippen LogP contribution in [0.5, 0.6) is 0 Å². The summed E-state index contributed by atoms with van der Waals surface area (Å²) in [4.78, 5) is 12.2. The van der Waals surface area contributed by atoms with E-state index in [0.29, 0.717) is 30.4 Å². The summed E-state index contributed by atoms with van der Waals surface area (Å²) in [5.74, 6) is 0.135. The van der Waals surface area contributed by atoms with Gasteiger partial charge in [0.2, 0.25) is 5.91 Å². The lowest BCUT2D eigenvalue weighted by Crippen LogP contribution is -2.35. The van der Waals surface area contributed by atoms with Crippen LogP contribution in [0.2, 0.25) is 0 Å². The molecule has 0 heterocycles. The first kappa shape index (κ1) is 18.9. The number of aliphatic hydroxyl groups excluding tert-OH is 1. The second-order valence-corrected chi connectivity index (χ2v) is 6.85. The molecule has 0 aromatic heterocycles. The van der Waals surface area contributed by atoms with Crippen molar-refractivity contribution in [3.05, 3.63) is 35.6 Å². The van der Waals surface area contributed by atoms with Crippen LogP contribution in [-0.4, -0.2) is 30.3 Å². The van der Waals surface area contributed by atoms with Gasteiger partial charge >= 0.3 is 0 Å². The molecule has 1 saturated carbocycles. The lowest BCUT2D eigenvalue weighted by molar-refractivity contribution is -0.123. The minimum absolute atomic E-state index is 0.0367. The number of rotatable bonds is 7. The summed E-state index contributed by atoms with van der Waals surface area (Å²) in [6, 6.07) is 5.68. The Balaban J connectivity index is 1.72. The van der Waals surface area contributed by atoms with E-state index >= 15 is 0 Å². The molecule has 1 aromatic rings. The van der Waals surface area contributed by atoms with Crippen molar-refractivity contribution >= 4 is 5.91 Å². The van der Waals surface area contributed by atoms with Crippen molar-refractivity contribution in [1.82, 2.24) is 5.32 Å². The standard InChI is InChI=1S/C19H28FNO3/c1-13(11-18(22)15-5-7-16(20)8-6-15)21-19(23)12-14-3-9-17(24-2)10-4-14/h5-8,13-14,17-18,22H,3-4,9-12H2,1-2H3,(H,21,23). The van der Waals surface area contributed by atoms with Crippen molar-refractivity contribution in [3.63, 3.8) is 0 Å². The van der Waals surface area contributed by atoms with E-state index in [4.69, 9.17) is 4.74 Å². The molecule has 0 aliphatic heterocycles. The zero-order valence-corrected chi connectivity index (χ0v) is 14.5. The second kappa shape index (κ2) is 9.14. The molecule has 2 atom stereocenters. The molecule has 0 bridgehead atoms. The number of methoxy groups -OCH3 is 1. The summed E-state index contributed by atoms with van der Waals surface area (Å²) in [7, 11) is 1.74. The molecule has 1 fully saturated rings. The van der Waals surface area contributed by atoms with Gasteiger partial charge in [-0.3, -0.25) is 4.79 Å². The highest BCUT2D eigenvalue weighted by molar-refractivity contribution is 5.76. The molecule has 4 nitrogen and oxygen atoms in total. The average Bonchev–Trinajstić information content (AvgIpc) is 2.55. The summed E-state index contributed by atoms with van der Waals surface area (Å²) < 4.78 is 18.3. The molecule has 134 valence electrons. The molecule has 0 saturated heterocycles. The predicted octanol–water partition coefficient (Wildman–Crippen LogP) is 3.35. The van der Waals surface area contributed by atoms with E-state index < -0.39 is 6.10 Å². The summed E-state index contributed by atoms with van der Waals surface area (Å²) >= 11 is 0. The Kier molecular flexibility index (Phi) is 7.18. The maximum Gasteiger partial charge on any atom is 0.220 e. The largest absolute Gasteiger partial charge is 0.388 e. The Bertz CT molecular complexity index is 512. The van der Waals surface area contributed by atoms with Crippen molar-refractivity contribution in [2.24, 2.45) is 5.92 Å². The molecule has 2 unspecified atom stereocenters. The molecule has 1 amide bonds. The van der Waals surface area contributed by atoms with Gasteiger partial charge in [0.25, 0.3) is 0 Å². The fourth-order valence-electron chi connectivity index (χ4n) is 3.38. The van der Waals surface area contributed by atoms with E-state index in [1.165, 1.54) is 12.1 Å². The molecule has 2 N–H and O–H groups in total. The lowest BCUT2D eigenvalue weighted by atomic mass is 9.85. The number of hydrogen-bond donors (Lipinski definition) is 2. The van der Waals surface area contributed by atoms with Gasteiger partial charge in [0.15, 0.2) is 0 Å². The fraction of sp³-hybridized carbons (Fsp3) is 0.632. The molecule has 0 radical (unpaired) electrons. The topological polar surface area (TPSA) is 58.6 Å². The van der Waals surface area contributed by atoms with Crippen molar-refractivity contribution < 1.29 is 19.0 Å². The van der Waals surface area contributed by atoms with Crippen LogP contribution < -0.4 is 5.32 Å². The molecule has 24 heavy (non-hydrogen) atoms. The zero-order chi connectivity index (χ0) is 17.5. The maximum absolute atomic E-state index is 12.9. The zero-order valence-electron chi connectivity index (χ0n) is 14.5. The van der Waals surface area contributed by atoms with Crippen LogP contribution in [0.3, 0.4) is 0 Å². The van der Waals surface area contributed by atoms with Gasteiger partial charge in [-0.05, 0) is 62.6 Å². The highest BCUT2D eigenvalue weighted by atomic mass is 19.1. The minimum atomic E-state index is -0.710. The quantitative estimate of drug-likeness (QED) is 0.802. The third-order valence-electron chi connectivity index (χ3n) is 4.84. The highest BCUT2D eigenvalue weighted by Crippen LogP contribution is 2.28. The predicted molar refractivity (Wildman–Crippen MR) is 91.0 cm³/mol. The van der Waals surface area contributed by atoms with E-state index in [0.717, 1.165) is 25.7 Å². The monoisotopic (exact) mass is 337 g/mol. The van der Waals surface area contributed by atoms with Crippen LogP contribution in [-0.2, 0) is 9.53 Å². The number of hydrogen-bond acceptors (Lipinski definition) is 3. The third kappa shape index (κ3) is 5.87. The Morgan fingerprint density at radius 3 is 2.50 bits per heavy atom. The molecular weight excluding hydrogens is 309 g/mol. The fourth-order valence-corrected chi connectivity index (χ4v) is 3.38. The first-order valence-corrected chi connectivity index (χ1v) is 8.73. The highest BCUT2D eigenvalue weighted by Gasteiger charge is 2.23. The van der Waals surface area contributed by atoms with Crippen molar-refractivity contribution in [1.29, 1.82) is 0 Å². The normalized spacial score (nSPS) is 23.5. The third-order valence-corrected chi connectivity index (χ3v) is 4.84. The van der Waals surface area contributed by atoms with Gasteiger partial charge < -0.3 is 15.2 Å². The number of carbonyl (C=O) groups excluding carboxylic acids is 1. The number of carbonyl (C=O) groups is 1. The van der Waals surface area contributed by atoms with Crippen molar-refractivity contribution in [2.75, 3.05) is 7.11 Å². The summed E-state index contributed by atoms with van der Waals surface area (Å²) in [5, 5.41) is 13.1. The number of nitrogens with one attached hydrogen (secondary N) is 1. The van der Waals surface area contributed by atoms with Gasteiger partial charge in [0, 0.05) is 19.6 Å². The van der Waals surface area contributed by atoms with Crippen LogP contribution in [0, 0.1) is 11.7 Å². The van der Waals surface area contributed by atoms with Gasteiger partial charge in [-0.25, -0.2) is 4.39 Å². The second-order valence-electron chi connectivity index (χ2n) is 6.85. The molecule has 1 aliphatic rings. The van der Waals surface area contributed by atoms with E-state index in [-0.39, 0.29) is 17.8 Å². The first-order valence-electron chi connectivity index (χ1n) is 8.73. The Labute approximate surface area is 143 Å². The molecular formula is C19H28FNO3. The molecule has 5 heteroatoms. The minimum Gasteiger partial charge on any atom is -0.388 e. The molecule has 0 spiro atoms. The van der Waals surface area contributed by atoms with Gasteiger partial charge in [-0.2, -0.15) is 0 Å². The Morgan fingerprint density at radius 1 is 1.29 bits per heavy atom. The number of ether oxygens (including phenoxy) is 1. The van der Waals surface area contributed by atoms with Crippen LogP contribution in [0.1, 0.15) is 57.1 Å². The number of aliphatic hydroxyl groups is 1. The van der Waals surface area contributed by atoms with E-state index in [9.17, 15) is 14.3 Å². The summed E-state index contributed by atoms with van der Waals surface area (Å²) in [6.07, 6.45) is 4.67. The van der Waals surface area contributed by atoms with Crippen LogP contribution in [0.4, 0.5) is 4.39 Å². The van der Waals surface area contributed by atoms with Crippen LogP contribution in [0.15, 0.2) is 24.3 Å². The Hall–Kier alpha value is -1.46. The maximum atomic E-state index is 12.9. The molecule has 2 rings (SSSR count). The smallest absolute Gasteiger partial charge is 0.220 e. The van der Waals surface area contributed by atoms with Gasteiger partial charge in [0.05, 0.1) is 12.2 Å². The van der Waals surface area contributed by atoms with Gasteiger partial charge in [-0.1, -0.05) is 12.1 Å². The SMILES string of the molecule is COC1CCC(CC(=O)NC(C)CC(O)c2ccc(F)cc2)CC1. The number of amides is 1. The van der Waals surface area contributed by atoms with Gasteiger partial charge in [-0.15, -0.1) is 0 Å². The van der Waals surface area contributed by atoms with E-state index in [1.807, 2.05) is 6.92 Å². The average molecular weight is 337 g/mol. The van der Waals surface area contributed by atoms with Crippen LogP contribution in [0.25, 0.3) is 0 Å². The van der Waals surface area contributed by atoms with E-state index in [2.05, 4.69) is 5.32 Å². The van der Waals surface area contributed by atoms with Gasteiger partial charge in [0.1, 0.15) is 5.82 Å². The van der Waals surface area contributed by atoms with E-state index in [1.54, 1.807) is 19.2 Å². The summed E-state index contributed by atoms with van der Waals surface area (Å²) in [6.45, 7) is 1.88. The van der Waals surface area contributed by atoms with Crippen LogP contribution >= 0.6 is 0 Å². The Morgan fingerprint density at radius 2 is 1.92 bits per heavy atom. The number of halogens is 1.